The number of fused-ring (bicyclic) bond motifs is 2. The summed E-state index contributed by atoms with van der Waals surface area (Å²) < 4.78 is 10.9. The third kappa shape index (κ3) is 3.19. The zero-order chi connectivity index (χ0) is 17.9. The molecule has 26 heavy (non-hydrogen) atoms. The molecule has 0 radical (unpaired) electrons. The minimum Gasteiger partial charge on any atom is -0.497 e. The summed E-state index contributed by atoms with van der Waals surface area (Å²) in [7, 11) is 1.66. The number of hydrogen-bond donors (Lipinski definition) is 0. The molecule has 4 nitrogen and oxygen atoms in total. The van der Waals surface area contributed by atoms with Crippen molar-refractivity contribution in [1.29, 1.82) is 0 Å². The summed E-state index contributed by atoms with van der Waals surface area (Å²) in [5.41, 5.74) is 2.13. The van der Waals surface area contributed by atoms with Crippen molar-refractivity contribution in [1.82, 2.24) is 4.90 Å². The number of nitrogens with zero attached hydrogens (tertiary/aromatic N) is 1. The van der Waals surface area contributed by atoms with Gasteiger partial charge in [0.2, 0.25) is 0 Å². The first kappa shape index (κ1) is 16.7. The van der Waals surface area contributed by atoms with Gasteiger partial charge in [-0.2, -0.15) is 0 Å². The van der Waals surface area contributed by atoms with Crippen LogP contribution in [0.15, 0.2) is 66.7 Å². The molecule has 3 atom stereocenters. The van der Waals surface area contributed by atoms with E-state index in [2.05, 4.69) is 24.3 Å². The minimum absolute atomic E-state index is 0.0212. The van der Waals surface area contributed by atoms with Gasteiger partial charge < -0.3 is 9.47 Å². The van der Waals surface area contributed by atoms with Gasteiger partial charge in [-0.3, -0.25) is 4.90 Å². The Morgan fingerprint density at radius 2 is 1.81 bits per heavy atom. The van der Waals surface area contributed by atoms with Crippen molar-refractivity contribution in [3.8, 4) is 5.75 Å². The van der Waals surface area contributed by atoms with E-state index in [1.54, 1.807) is 7.11 Å². The summed E-state index contributed by atoms with van der Waals surface area (Å²) in [5, 5.41) is 0. The molecule has 2 aliphatic heterocycles. The fourth-order valence-corrected chi connectivity index (χ4v) is 3.99. The van der Waals surface area contributed by atoms with Gasteiger partial charge in [0.25, 0.3) is 0 Å². The highest BCUT2D eigenvalue weighted by Crippen LogP contribution is 2.44. The Morgan fingerprint density at radius 1 is 1.04 bits per heavy atom. The van der Waals surface area contributed by atoms with Gasteiger partial charge in [0.05, 0.1) is 19.2 Å². The van der Waals surface area contributed by atoms with E-state index in [-0.39, 0.29) is 18.2 Å². The summed E-state index contributed by atoms with van der Waals surface area (Å²) in [5.74, 6) is 1.15. The monoisotopic (exact) mass is 349 g/mol. The smallest absolute Gasteiger partial charge is 0.411 e. The van der Waals surface area contributed by atoms with E-state index in [4.69, 9.17) is 9.47 Å². The molecule has 2 bridgehead atoms. The lowest BCUT2D eigenvalue weighted by Crippen LogP contribution is -2.50. The van der Waals surface area contributed by atoms with Crippen molar-refractivity contribution in [3.05, 3.63) is 77.9 Å². The minimum atomic E-state index is -0.242. The fourth-order valence-electron chi connectivity index (χ4n) is 3.99. The first-order valence-corrected chi connectivity index (χ1v) is 9.07. The zero-order valence-electron chi connectivity index (χ0n) is 14.9. The number of carbonyl (C=O) groups excluding carboxylic acids is 1. The van der Waals surface area contributed by atoms with Crippen molar-refractivity contribution >= 4 is 6.09 Å². The van der Waals surface area contributed by atoms with E-state index < -0.39 is 0 Å². The lowest BCUT2D eigenvalue weighted by Gasteiger charge is -2.47. The van der Waals surface area contributed by atoms with Crippen LogP contribution < -0.4 is 4.74 Å². The number of carbonyl (C=O) groups is 1. The number of benzene rings is 2. The third-order valence-corrected chi connectivity index (χ3v) is 5.31. The molecule has 0 aromatic heterocycles. The molecule has 2 heterocycles. The average Bonchev–Trinajstić information content (AvgIpc) is 2.73. The van der Waals surface area contributed by atoms with Gasteiger partial charge in [0.15, 0.2) is 0 Å². The van der Waals surface area contributed by atoms with Crippen LogP contribution in [0.5, 0.6) is 5.75 Å². The quantitative estimate of drug-likeness (QED) is 0.750. The van der Waals surface area contributed by atoms with Gasteiger partial charge in [-0.15, -0.1) is 0 Å². The second-order valence-corrected chi connectivity index (χ2v) is 6.86. The highest BCUT2D eigenvalue weighted by atomic mass is 16.6. The Balaban J connectivity index is 1.55. The maximum atomic E-state index is 12.9. The highest BCUT2D eigenvalue weighted by molar-refractivity contribution is 5.70. The van der Waals surface area contributed by atoms with E-state index in [1.165, 1.54) is 0 Å². The van der Waals surface area contributed by atoms with Crippen molar-refractivity contribution < 1.29 is 14.3 Å². The highest BCUT2D eigenvalue weighted by Gasteiger charge is 2.42. The molecule has 134 valence electrons. The first-order chi connectivity index (χ1) is 12.8. The van der Waals surface area contributed by atoms with Gasteiger partial charge in [0.1, 0.15) is 12.4 Å². The van der Waals surface area contributed by atoms with Crippen molar-refractivity contribution in [2.75, 3.05) is 7.11 Å². The Labute approximate surface area is 154 Å². The molecule has 1 fully saturated rings. The Hall–Kier alpha value is -2.75. The van der Waals surface area contributed by atoms with Gasteiger partial charge in [-0.1, -0.05) is 54.6 Å². The predicted molar refractivity (Wildman–Crippen MR) is 99.9 cm³/mol. The number of piperidine rings is 1. The number of hydrogen-bond acceptors (Lipinski definition) is 3. The molecule has 1 aliphatic carbocycles. The molecule has 2 aromatic carbocycles. The van der Waals surface area contributed by atoms with E-state index in [0.29, 0.717) is 12.5 Å². The molecule has 0 saturated carbocycles. The Morgan fingerprint density at radius 3 is 2.46 bits per heavy atom. The molecule has 3 unspecified atom stereocenters. The van der Waals surface area contributed by atoms with Crippen LogP contribution in [0.2, 0.25) is 0 Å². The van der Waals surface area contributed by atoms with E-state index in [1.807, 2.05) is 47.4 Å². The van der Waals surface area contributed by atoms with E-state index >= 15 is 0 Å². The molecular weight excluding hydrogens is 326 g/mol. The summed E-state index contributed by atoms with van der Waals surface area (Å²) in [6, 6.07) is 17.9. The van der Waals surface area contributed by atoms with Gasteiger partial charge in [-0.25, -0.2) is 4.79 Å². The number of amides is 1. The molecule has 0 N–H and O–H groups in total. The number of rotatable bonds is 4. The van der Waals surface area contributed by atoms with Crippen LogP contribution in [0.1, 0.15) is 30.0 Å². The maximum absolute atomic E-state index is 12.9. The molecular formula is C22H23NO3. The average molecular weight is 349 g/mol. The van der Waals surface area contributed by atoms with Crippen LogP contribution in [0, 0.1) is 5.92 Å². The number of methoxy groups -OCH3 is 1. The summed E-state index contributed by atoms with van der Waals surface area (Å²) in [6.07, 6.45) is 6.25. The van der Waals surface area contributed by atoms with Crippen LogP contribution in [0.25, 0.3) is 0 Å². The summed E-state index contributed by atoms with van der Waals surface area (Å²) in [4.78, 5) is 14.8. The molecule has 5 rings (SSSR count). The molecule has 0 spiro atoms. The summed E-state index contributed by atoms with van der Waals surface area (Å²) >= 11 is 0. The van der Waals surface area contributed by atoms with Crippen LogP contribution in [-0.2, 0) is 11.3 Å². The van der Waals surface area contributed by atoms with E-state index in [0.717, 1.165) is 29.7 Å². The van der Waals surface area contributed by atoms with Crippen LogP contribution in [0.3, 0.4) is 0 Å². The lowest BCUT2D eigenvalue weighted by molar-refractivity contribution is 0.0325. The topological polar surface area (TPSA) is 38.8 Å². The van der Waals surface area contributed by atoms with Crippen LogP contribution in [0.4, 0.5) is 4.79 Å². The molecule has 1 amide bonds. The first-order valence-electron chi connectivity index (χ1n) is 9.07. The predicted octanol–water partition coefficient (Wildman–Crippen LogP) is 4.72. The van der Waals surface area contributed by atoms with Crippen molar-refractivity contribution in [2.45, 2.75) is 31.5 Å². The second kappa shape index (κ2) is 7.24. The second-order valence-electron chi connectivity index (χ2n) is 6.86. The molecule has 1 saturated heterocycles. The molecule has 2 aromatic rings. The third-order valence-electron chi connectivity index (χ3n) is 5.31. The Bertz CT molecular complexity index is 785. The number of ether oxygens (including phenoxy) is 2. The van der Waals surface area contributed by atoms with Gasteiger partial charge in [-0.05, 0) is 36.1 Å². The molecule has 3 aliphatic rings. The van der Waals surface area contributed by atoms with Gasteiger partial charge >= 0.3 is 6.09 Å². The standard InChI is InChI=1S/C22H23NO3/c1-25-20-13-9-18(10-14-20)21-17-7-11-19(12-8-17)23(21)22(24)26-15-16-5-3-2-4-6-16/h2-7,9-11,13-14,17,19,21H,8,12,15H2,1H3. The summed E-state index contributed by atoms with van der Waals surface area (Å²) in [6.45, 7) is 0.298. The largest absolute Gasteiger partial charge is 0.497 e. The fraction of sp³-hybridized carbons (Fsp3) is 0.318. The van der Waals surface area contributed by atoms with Crippen LogP contribution in [-0.4, -0.2) is 24.1 Å². The van der Waals surface area contributed by atoms with Crippen molar-refractivity contribution in [3.63, 3.8) is 0 Å². The normalized spacial score (nSPS) is 23.7. The van der Waals surface area contributed by atoms with Crippen LogP contribution >= 0.6 is 0 Å². The van der Waals surface area contributed by atoms with E-state index in [9.17, 15) is 4.79 Å². The SMILES string of the molecule is COc1ccc(C2C3C=CC(CC3)N2C(=O)OCc2ccccc2)cc1. The zero-order valence-corrected chi connectivity index (χ0v) is 14.9. The Kier molecular flexibility index (Phi) is 4.65. The molecule has 4 heteroatoms. The lowest BCUT2D eigenvalue weighted by atomic mass is 9.77. The van der Waals surface area contributed by atoms with Crippen molar-refractivity contribution in [2.24, 2.45) is 5.92 Å². The van der Waals surface area contributed by atoms with Gasteiger partial charge in [0, 0.05) is 5.92 Å². The maximum Gasteiger partial charge on any atom is 0.411 e.